The normalized spacial score (nSPS) is 10.6. The maximum Gasteiger partial charge on any atom is 0.161 e. The quantitative estimate of drug-likeness (QED) is 0.687. The molecule has 0 amide bonds. The molecule has 4 nitrogen and oxygen atoms in total. The molecule has 2 aromatic carbocycles. The molecule has 0 fully saturated rings. The summed E-state index contributed by atoms with van der Waals surface area (Å²) in [5, 5.41) is 1.21. The van der Waals surface area contributed by atoms with E-state index >= 15 is 0 Å². The number of aromatic nitrogens is 2. The van der Waals surface area contributed by atoms with Crippen molar-refractivity contribution in [3.05, 3.63) is 47.6 Å². The number of fused-ring (bicyclic) bond motifs is 1. The number of ether oxygens (including phenoxy) is 2. The van der Waals surface area contributed by atoms with Crippen molar-refractivity contribution in [2.45, 2.75) is 0 Å². The Bertz CT molecular complexity index is 805. The van der Waals surface area contributed by atoms with Gasteiger partial charge in [-0.1, -0.05) is 23.7 Å². The fourth-order valence-electron chi connectivity index (χ4n) is 2.09. The van der Waals surface area contributed by atoms with Crippen LogP contribution in [0.5, 0.6) is 11.5 Å². The second-order valence-corrected chi connectivity index (χ2v) is 4.81. The van der Waals surface area contributed by atoms with Gasteiger partial charge in [0.05, 0.1) is 19.7 Å². The molecule has 0 aliphatic carbocycles. The summed E-state index contributed by atoms with van der Waals surface area (Å²) in [5.41, 5.74) is 1.59. The highest BCUT2D eigenvalue weighted by Gasteiger charge is 2.09. The number of hydrogen-bond donors (Lipinski definition) is 0. The predicted molar refractivity (Wildman–Crippen MR) is 83.1 cm³/mol. The number of hydrogen-bond acceptors (Lipinski definition) is 4. The maximum atomic E-state index is 6.26. The average Bonchev–Trinajstić information content (AvgIpc) is 2.54. The Morgan fingerprint density at radius 2 is 1.67 bits per heavy atom. The molecule has 0 bridgehead atoms. The summed E-state index contributed by atoms with van der Waals surface area (Å²) in [4.78, 5) is 8.92. The molecule has 3 aromatic rings. The zero-order valence-electron chi connectivity index (χ0n) is 11.6. The molecule has 0 radical (unpaired) electrons. The van der Waals surface area contributed by atoms with Gasteiger partial charge < -0.3 is 9.47 Å². The van der Waals surface area contributed by atoms with Crippen molar-refractivity contribution in [1.29, 1.82) is 0 Å². The Morgan fingerprint density at radius 1 is 0.905 bits per heavy atom. The van der Waals surface area contributed by atoms with Crippen LogP contribution in [0.4, 0.5) is 0 Å². The van der Waals surface area contributed by atoms with E-state index in [0.717, 1.165) is 28.0 Å². The monoisotopic (exact) mass is 300 g/mol. The fourth-order valence-corrected chi connectivity index (χ4v) is 2.33. The van der Waals surface area contributed by atoms with Crippen LogP contribution >= 0.6 is 11.6 Å². The molecule has 1 aromatic heterocycles. The summed E-state index contributed by atoms with van der Waals surface area (Å²) in [5.74, 6) is 2.03. The first kappa shape index (κ1) is 13.6. The Morgan fingerprint density at radius 3 is 2.43 bits per heavy atom. The van der Waals surface area contributed by atoms with Crippen molar-refractivity contribution in [1.82, 2.24) is 9.97 Å². The minimum atomic E-state index is 0.417. The molecule has 0 atom stereocenters. The predicted octanol–water partition coefficient (Wildman–Crippen LogP) is 3.97. The van der Waals surface area contributed by atoms with Gasteiger partial charge in [-0.25, -0.2) is 9.97 Å². The lowest BCUT2D eigenvalue weighted by atomic mass is 10.2. The first-order valence-electron chi connectivity index (χ1n) is 6.37. The SMILES string of the molecule is COc1cccc(-c2nc(Cl)c3ccc(OC)cc3n2)c1. The minimum Gasteiger partial charge on any atom is -0.497 e. The Balaban J connectivity index is 2.18. The van der Waals surface area contributed by atoms with Crippen LogP contribution in [0.15, 0.2) is 42.5 Å². The van der Waals surface area contributed by atoms with E-state index in [4.69, 9.17) is 21.1 Å². The Hall–Kier alpha value is -2.33. The third kappa shape index (κ3) is 2.62. The second-order valence-electron chi connectivity index (χ2n) is 4.45. The third-order valence-electron chi connectivity index (χ3n) is 3.19. The number of rotatable bonds is 3. The zero-order chi connectivity index (χ0) is 14.8. The van der Waals surface area contributed by atoms with Gasteiger partial charge in [0, 0.05) is 17.0 Å². The number of halogens is 1. The average molecular weight is 301 g/mol. The lowest BCUT2D eigenvalue weighted by Gasteiger charge is -2.07. The molecule has 3 rings (SSSR count). The smallest absolute Gasteiger partial charge is 0.161 e. The van der Waals surface area contributed by atoms with E-state index in [9.17, 15) is 0 Å². The molecule has 106 valence electrons. The fraction of sp³-hybridized carbons (Fsp3) is 0.125. The van der Waals surface area contributed by atoms with Crippen molar-refractivity contribution >= 4 is 22.5 Å². The molecule has 0 N–H and O–H groups in total. The first-order chi connectivity index (χ1) is 10.2. The van der Waals surface area contributed by atoms with Gasteiger partial charge in [-0.2, -0.15) is 0 Å². The molecular formula is C16H13ClN2O2. The van der Waals surface area contributed by atoms with Gasteiger partial charge in [0.25, 0.3) is 0 Å². The van der Waals surface area contributed by atoms with Crippen LogP contribution in [-0.4, -0.2) is 24.2 Å². The number of benzene rings is 2. The number of nitrogens with zero attached hydrogens (tertiary/aromatic N) is 2. The molecule has 0 saturated heterocycles. The maximum absolute atomic E-state index is 6.26. The van der Waals surface area contributed by atoms with E-state index in [-0.39, 0.29) is 0 Å². The highest BCUT2D eigenvalue weighted by molar-refractivity contribution is 6.34. The molecule has 0 spiro atoms. The van der Waals surface area contributed by atoms with Crippen LogP contribution in [0.25, 0.3) is 22.3 Å². The molecule has 0 aliphatic rings. The van der Waals surface area contributed by atoms with Crippen molar-refractivity contribution < 1.29 is 9.47 Å². The third-order valence-corrected chi connectivity index (χ3v) is 3.47. The van der Waals surface area contributed by atoms with Crippen molar-refractivity contribution in [2.75, 3.05) is 14.2 Å². The van der Waals surface area contributed by atoms with Crippen LogP contribution in [-0.2, 0) is 0 Å². The van der Waals surface area contributed by atoms with Crippen LogP contribution in [0.2, 0.25) is 5.15 Å². The standard InChI is InChI=1S/C16H13ClN2O2/c1-20-11-5-3-4-10(8-11)16-18-14-9-12(21-2)6-7-13(14)15(17)19-16/h3-9H,1-2H3. The second kappa shape index (κ2) is 5.58. The number of methoxy groups -OCH3 is 2. The van der Waals surface area contributed by atoms with Crippen molar-refractivity contribution in [3.63, 3.8) is 0 Å². The van der Waals surface area contributed by atoms with E-state index < -0.39 is 0 Å². The summed E-state index contributed by atoms with van der Waals surface area (Å²) in [7, 11) is 3.24. The van der Waals surface area contributed by atoms with E-state index in [2.05, 4.69) is 9.97 Å². The van der Waals surface area contributed by atoms with Gasteiger partial charge in [-0.05, 0) is 24.3 Å². The topological polar surface area (TPSA) is 44.2 Å². The van der Waals surface area contributed by atoms with Gasteiger partial charge in [0.2, 0.25) is 0 Å². The Labute approximate surface area is 127 Å². The molecule has 0 aliphatic heterocycles. The largest absolute Gasteiger partial charge is 0.497 e. The summed E-state index contributed by atoms with van der Waals surface area (Å²) in [6.45, 7) is 0. The van der Waals surface area contributed by atoms with Crippen molar-refractivity contribution in [2.24, 2.45) is 0 Å². The van der Waals surface area contributed by atoms with Gasteiger partial charge in [0.15, 0.2) is 5.82 Å². The summed E-state index contributed by atoms with van der Waals surface area (Å²) in [6.07, 6.45) is 0. The van der Waals surface area contributed by atoms with Gasteiger partial charge in [-0.15, -0.1) is 0 Å². The highest BCUT2D eigenvalue weighted by Crippen LogP contribution is 2.28. The van der Waals surface area contributed by atoms with Crippen LogP contribution in [0, 0.1) is 0 Å². The van der Waals surface area contributed by atoms with Gasteiger partial charge in [-0.3, -0.25) is 0 Å². The molecule has 1 heterocycles. The van der Waals surface area contributed by atoms with Crippen LogP contribution in [0.3, 0.4) is 0 Å². The summed E-state index contributed by atoms with van der Waals surface area (Å²) in [6, 6.07) is 13.1. The van der Waals surface area contributed by atoms with E-state index in [0.29, 0.717) is 11.0 Å². The molecular weight excluding hydrogens is 288 g/mol. The molecule has 21 heavy (non-hydrogen) atoms. The molecule has 0 unspecified atom stereocenters. The lowest BCUT2D eigenvalue weighted by Crippen LogP contribution is -1.93. The van der Waals surface area contributed by atoms with E-state index in [1.165, 1.54) is 0 Å². The van der Waals surface area contributed by atoms with Crippen LogP contribution < -0.4 is 9.47 Å². The summed E-state index contributed by atoms with van der Waals surface area (Å²) < 4.78 is 10.4. The minimum absolute atomic E-state index is 0.417. The van der Waals surface area contributed by atoms with Crippen molar-refractivity contribution in [3.8, 4) is 22.9 Å². The molecule has 5 heteroatoms. The van der Waals surface area contributed by atoms with E-state index in [1.807, 2.05) is 42.5 Å². The van der Waals surface area contributed by atoms with Gasteiger partial charge >= 0.3 is 0 Å². The van der Waals surface area contributed by atoms with E-state index in [1.54, 1.807) is 14.2 Å². The summed E-state index contributed by atoms with van der Waals surface area (Å²) >= 11 is 6.26. The van der Waals surface area contributed by atoms with Crippen LogP contribution in [0.1, 0.15) is 0 Å². The zero-order valence-corrected chi connectivity index (χ0v) is 12.4. The lowest BCUT2D eigenvalue weighted by molar-refractivity contribution is 0.415. The Kier molecular flexibility index (Phi) is 3.62. The first-order valence-corrected chi connectivity index (χ1v) is 6.75. The highest BCUT2D eigenvalue weighted by atomic mass is 35.5. The molecule has 0 saturated carbocycles. The van der Waals surface area contributed by atoms with Gasteiger partial charge in [0.1, 0.15) is 16.7 Å².